The van der Waals surface area contributed by atoms with E-state index in [0.29, 0.717) is 35.3 Å². The molecule has 2 fully saturated rings. The van der Waals surface area contributed by atoms with Crippen molar-refractivity contribution in [1.29, 1.82) is 0 Å². The fourth-order valence-corrected chi connectivity index (χ4v) is 5.73. The summed E-state index contributed by atoms with van der Waals surface area (Å²) in [7, 11) is 0. The van der Waals surface area contributed by atoms with Crippen molar-refractivity contribution >= 4 is 22.7 Å². The third-order valence-electron chi connectivity index (χ3n) is 8.22. The number of halogens is 6. The van der Waals surface area contributed by atoms with Gasteiger partial charge in [0.15, 0.2) is 0 Å². The first-order valence-corrected chi connectivity index (χ1v) is 14.9. The molecule has 14 heteroatoms. The second kappa shape index (κ2) is 11.8. The zero-order chi connectivity index (χ0) is 32.1. The molecule has 6 rings (SSSR count). The van der Waals surface area contributed by atoms with E-state index >= 15 is 0 Å². The van der Waals surface area contributed by atoms with Crippen LogP contribution in [0, 0.1) is 18.8 Å². The van der Waals surface area contributed by atoms with Crippen molar-refractivity contribution in [2.75, 3.05) is 10.2 Å². The molecule has 2 saturated carbocycles. The number of aromatic nitrogens is 5. The van der Waals surface area contributed by atoms with Gasteiger partial charge in [0, 0.05) is 30.1 Å². The lowest BCUT2D eigenvalue weighted by atomic mass is 10.0. The van der Waals surface area contributed by atoms with Crippen molar-refractivity contribution in [2.24, 2.45) is 11.8 Å². The van der Waals surface area contributed by atoms with Crippen LogP contribution in [0.2, 0.25) is 0 Å². The molecule has 0 radical (unpaired) electrons. The van der Waals surface area contributed by atoms with E-state index in [9.17, 15) is 31.4 Å². The van der Waals surface area contributed by atoms with Crippen molar-refractivity contribution < 1.29 is 31.4 Å². The number of tetrazole rings is 1. The molecular formula is C31H33F6N7O. The highest BCUT2D eigenvalue weighted by atomic mass is 19.4. The van der Waals surface area contributed by atoms with Gasteiger partial charge in [-0.25, -0.2) is 4.98 Å². The molecule has 0 aliphatic heterocycles. The molecule has 4 aromatic rings. The molecule has 0 bridgehead atoms. The van der Waals surface area contributed by atoms with E-state index in [0.717, 1.165) is 46.9 Å². The van der Waals surface area contributed by atoms with Crippen molar-refractivity contribution in [3.05, 3.63) is 70.3 Å². The quantitative estimate of drug-likeness (QED) is 0.177. The Morgan fingerprint density at radius 2 is 1.60 bits per heavy atom. The van der Waals surface area contributed by atoms with E-state index in [-0.39, 0.29) is 43.3 Å². The van der Waals surface area contributed by atoms with Crippen LogP contribution in [0.5, 0.6) is 0 Å². The molecule has 240 valence electrons. The van der Waals surface area contributed by atoms with E-state index in [1.54, 1.807) is 0 Å². The lowest BCUT2D eigenvalue weighted by molar-refractivity contribution is -0.143. The topological polar surface area (TPSA) is 92.0 Å². The van der Waals surface area contributed by atoms with Crippen LogP contribution in [0.1, 0.15) is 60.4 Å². The van der Waals surface area contributed by atoms with E-state index in [4.69, 9.17) is 4.98 Å². The molecule has 2 aliphatic rings. The molecule has 0 amide bonds. The fourth-order valence-electron chi connectivity index (χ4n) is 5.73. The van der Waals surface area contributed by atoms with Crippen molar-refractivity contribution in [3.8, 4) is 0 Å². The summed E-state index contributed by atoms with van der Waals surface area (Å²) in [6, 6.07) is 9.46. The zero-order valence-electron chi connectivity index (χ0n) is 24.7. The minimum Gasteiger partial charge on any atom is -0.391 e. The SMILES string of the molecule is Cc1cccc2cc(CN(Cc3cc(C(F)(F)F)cc(C(F)(F)F)c3)c3nnn(CC(C)O)n3)c(NC(C3CC3)C3CC3)nc12. The van der Waals surface area contributed by atoms with Crippen molar-refractivity contribution in [2.45, 2.75) is 83.7 Å². The Kier molecular flexibility index (Phi) is 8.12. The van der Waals surface area contributed by atoms with Gasteiger partial charge in [0.1, 0.15) is 5.82 Å². The molecule has 8 nitrogen and oxygen atoms in total. The summed E-state index contributed by atoms with van der Waals surface area (Å²) in [4.78, 5) is 7.61. The maximum Gasteiger partial charge on any atom is 0.416 e. The first-order valence-electron chi connectivity index (χ1n) is 14.9. The van der Waals surface area contributed by atoms with Crippen LogP contribution in [-0.2, 0) is 32.0 Å². The monoisotopic (exact) mass is 633 g/mol. The average molecular weight is 634 g/mol. The smallest absolute Gasteiger partial charge is 0.391 e. The van der Waals surface area contributed by atoms with Crippen LogP contribution < -0.4 is 10.2 Å². The number of hydrogen-bond donors (Lipinski definition) is 2. The Morgan fingerprint density at radius 3 is 2.18 bits per heavy atom. The number of hydrogen-bond acceptors (Lipinski definition) is 7. The van der Waals surface area contributed by atoms with Crippen LogP contribution in [0.25, 0.3) is 10.9 Å². The summed E-state index contributed by atoms with van der Waals surface area (Å²) in [5, 5.41) is 26.6. The summed E-state index contributed by atoms with van der Waals surface area (Å²) in [5.74, 6) is 1.66. The van der Waals surface area contributed by atoms with Gasteiger partial charge in [-0.3, -0.25) is 0 Å². The van der Waals surface area contributed by atoms with Crippen LogP contribution in [-0.4, -0.2) is 42.4 Å². The summed E-state index contributed by atoms with van der Waals surface area (Å²) < 4.78 is 82.2. The summed E-state index contributed by atoms with van der Waals surface area (Å²) in [6.07, 6.45) is -6.31. The molecule has 2 aromatic heterocycles. The van der Waals surface area contributed by atoms with Gasteiger partial charge in [-0.15, -0.1) is 5.10 Å². The Balaban J connectivity index is 1.42. The normalized spacial score (nSPS) is 16.4. The Bertz CT molecular complexity index is 1630. The lowest BCUT2D eigenvalue weighted by Crippen LogP contribution is -2.28. The molecule has 2 aliphatic carbocycles. The number of alkyl halides is 6. The van der Waals surface area contributed by atoms with E-state index in [1.807, 2.05) is 31.2 Å². The largest absolute Gasteiger partial charge is 0.416 e. The number of aryl methyl sites for hydroxylation is 1. The van der Waals surface area contributed by atoms with Gasteiger partial charge < -0.3 is 15.3 Å². The standard InChI is InChI=1S/C31H33F6N7O/c1-17-4-3-5-22-12-23(28(38-26(17)22)39-27(20-6-7-20)21-8-9-21)16-43(29-40-42-44(41-29)14-18(2)45)15-19-10-24(30(32,33)34)13-25(11-19)31(35,36)37/h3-5,10-13,18,20-21,27,45H,6-9,14-16H2,1-2H3,(H,38,39). The number of para-hydroxylation sites is 1. The molecule has 2 aromatic carbocycles. The van der Waals surface area contributed by atoms with Gasteiger partial charge in [0.25, 0.3) is 5.95 Å². The number of pyridine rings is 1. The number of anilines is 2. The maximum absolute atomic E-state index is 13.7. The number of nitrogens with one attached hydrogen (secondary N) is 1. The Hall–Kier alpha value is -3.94. The van der Waals surface area contributed by atoms with Crippen LogP contribution in [0.3, 0.4) is 0 Å². The summed E-state index contributed by atoms with van der Waals surface area (Å²) >= 11 is 0. The summed E-state index contributed by atoms with van der Waals surface area (Å²) in [6.45, 7) is 3.11. The predicted octanol–water partition coefficient (Wildman–Crippen LogP) is 6.76. The van der Waals surface area contributed by atoms with Gasteiger partial charge in [-0.05, 0) is 92.0 Å². The average Bonchev–Trinajstić information content (AvgIpc) is 3.89. The van der Waals surface area contributed by atoms with Crippen molar-refractivity contribution in [3.63, 3.8) is 0 Å². The highest BCUT2D eigenvalue weighted by molar-refractivity contribution is 5.84. The highest BCUT2D eigenvalue weighted by Crippen LogP contribution is 2.46. The molecular weight excluding hydrogens is 600 g/mol. The van der Waals surface area contributed by atoms with Gasteiger partial charge >= 0.3 is 12.4 Å². The molecule has 1 unspecified atom stereocenters. The number of rotatable bonds is 11. The first-order chi connectivity index (χ1) is 21.2. The third kappa shape index (κ3) is 7.32. The zero-order valence-corrected chi connectivity index (χ0v) is 24.7. The Morgan fingerprint density at radius 1 is 0.956 bits per heavy atom. The number of benzene rings is 2. The first kappa shape index (κ1) is 31.1. The number of aliphatic hydroxyl groups excluding tert-OH is 1. The van der Waals surface area contributed by atoms with Crippen LogP contribution in [0.4, 0.5) is 38.1 Å². The molecule has 45 heavy (non-hydrogen) atoms. The van der Waals surface area contributed by atoms with Gasteiger partial charge in [-0.1, -0.05) is 23.3 Å². The number of nitrogens with zero attached hydrogens (tertiary/aromatic N) is 6. The van der Waals surface area contributed by atoms with Crippen molar-refractivity contribution in [1.82, 2.24) is 25.2 Å². The number of aliphatic hydroxyl groups is 1. The molecule has 1 atom stereocenters. The second-order valence-corrected chi connectivity index (χ2v) is 12.3. The van der Waals surface area contributed by atoms with E-state index in [2.05, 4.69) is 20.7 Å². The van der Waals surface area contributed by atoms with E-state index < -0.39 is 29.6 Å². The summed E-state index contributed by atoms with van der Waals surface area (Å²) in [5.41, 5.74) is -0.569. The lowest BCUT2D eigenvalue weighted by Gasteiger charge is -2.26. The number of fused-ring (bicyclic) bond motifs is 1. The second-order valence-electron chi connectivity index (χ2n) is 12.3. The van der Waals surface area contributed by atoms with Crippen LogP contribution in [0.15, 0.2) is 42.5 Å². The Labute approximate surface area is 255 Å². The minimum absolute atomic E-state index is 0.00328. The van der Waals surface area contributed by atoms with E-state index in [1.165, 1.54) is 11.8 Å². The third-order valence-corrected chi connectivity index (χ3v) is 8.22. The molecule has 0 saturated heterocycles. The van der Waals surface area contributed by atoms with Gasteiger partial charge in [0.2, 0.25) is 0 Å². The highest BCUT2D eigenvalue weighted by Gasteiger charge is 2.42. The molecule has 2 N–H and O–H groups in total. The minimum atomic E-state index is -4.99. The fraction of sp³-hybridized carbons (Fsp3) is 0.484. The molecule has 0 spiro atoms. The van der Waals surface area contributed by atoms with Gasteiger partial charge in [0.05, 0.1) is 29.3 Å². The maximum atomic E-state index is 13.7. The molecule has 2 heterocycles. The van der Waals surface area contributed by atoms with Gasteiger partial charge in [-0.2, -0.15) is 31.1 Å². The predicted molar refractivity (Wildman–Crippen MR) is 155 cm³/mol. The van der Waals surface area contributed by atoms with Crippen LogP contribution >= 0.6 is 0 Å².